The monoisotopic (exact) mass is 256 g/mol. The topological polar surface area (TPSA) is 70.1 Å². The molecule has 0 aromatic rings. The zero-order valence-corrected chi connectivity index (χ0v) is 10.7. The van der Waals surface area contributed by atoms with Crippen LogP contribution in [0.2, 0.25) is 0 Å². The number of carbonyl (C=O) groups excluding carboxylic acids is 1. The van der Waals surface area contributed by atoms with E-state index in [-0.39, 0.29) is 19.2 Å². The Morgan fingerprint density at radius 2 is 2.33 bits per heavy atom. The number of ether oxygens (including phenoxy) is 1. The first-order chi connectivity index (χ1) is 8.60. The van der Waals surface area contributed by atoms with Gasteiger partial charge in [0, 0.05) is 19.6 Å². The fourth-order valence-electron chi connectivity index (χ4n) is 1.86. The standard InChI is InChI=1S/C12H20N2O4/c1-3-5-13(6-4-2)12(17)14-7-8-18-10(9-14)11(15)16/h3,10H,1,4-9H2,2H3,(H,15,16). The summed E-state index contributed by atoms with van der Waals surface area (Å²) in [4.78, 5) is 26.2. The van der Waals surface area contributed by atoms with Crippen LogP contribution in [-0.2, 0) is 9.53 Å². The number of carboxylic acids is 1. The summed E-state index contributed by atoms with van der Waals surface area (Å²) in [5.41, 5.74) is 0. The van der Waals surface area contributed by atoms with E-state index in [1.165, 1.54) is 4.90 Å². The number of rotatable bonds is 5. The van der Waals surface area contributed by atoms with Gasteiger partial charge in [-0.1, -0.05) is 13.0 Å². The van der Waals surface area contributed by atoms with Gasteiger partial charge in [-0.2, -0.15) is 0 Å². The molecule has 0 bridgehead atoms. The van der Waals surface area contributed by atoms with Crippen LogP contribution in [0.15, 0.2) is 12.7 Å². The molecule has 102 valence electrons. The van der Waals surface area contributed by atoms with Gasteiger partial charge in [0.25, 0.3) is 0 Å². The zero-order valence-electron chi connectivity index (χ0n) is 10.7. The Kier molecular flexibility index (Phi) is 5.64. The summed E-state index contributed by atoms with van der Waals surface area (Å²) in [7, 11) is 0. The first kappa shape index (κ1) is 14.5. The molecule has 1 rings (SSSR count). The number of carbonyl (C=O) groups is 2. The van der Waals surface area contributed by atoms with Crippen molar-refractivity contribution in [3.05, 3.63) is 12.7 Å². The SMILES string of the molecule is C=CCN(CCC)C(=O)N1CCOC(C(=O)O)C1. The van der Waals surface area contributed by atoms with Gasteiger partial charge in [0.05, 0.1) is 13.2 Å². The average molecular weight is 256 g/mol. The maximum absolute atomic E-state index is 12.2. The Hall–Kier alpha value is -1.56. The average Bonchev–Trinajstić information content (AvgIpc) is 2.38. The van der Waals surface area contributed by atoms with Crippen LogP contribution in [0.25, 0.3) is 0 Å². The van der Waals surface area contributed by atoms with Crippen LogP contribution >= 0.6 is 0 Å². The Morgan fingerprint density at radius 3 is 2.89 bits per heavy atom. The second kappa shape index (κ2) is 7.00. The van der Waals surface area contributed by atoms with E-state index in [1.807, 2.05) is 6.92 Å². The molecule has 0 aliphatic carbocycles. The van der Waals surface area contributed by atoms with Crippen molar-refractivity contribution in [1.82, 2.24) is 9.80 Å². The molecule has 0 saturated carbocycles. The molecule has 0 radical (unpaired) electrons. The molecule has 18 heavy (non-hydrogen) atoms. The molecule has 1 heterocycles. The normalized spacial score (nSPS) is 19.4. The van der Waals surface area contributed by atoms with Crippen LogP contribution in [0.1, 0.15) is 13.3 Å². The summed E-state index contributed by atoms with van der Waals surface area (Å²) in [5.74, 6) is -1.03. The van der Waals surface area contributed by atoms with Crippen molar-refractivity contribution in [3.63, 3.8) is 0 Å². The molecule has 0 aromatic heterocycles. The molecule has 1 saturated heterocycles. The lowest BCUT2D eigenvalue weighted by molar-refractivity contribution is -0.154. The maximum atomic E-state index is 12.2. The van der Waals surface area contributed by atoms with Crippen LogP contribution in [0.4, 0.5) is 4.79 Å². The fraction of sp³-hybridized carbons (Fsp3) is 0.667. The molecule has 0 spiro atoms. The van der Waals surface area contributed by atoms with Crippen LogP contribution in [0.5, 0.6) is 0 Å². The minimum Gasteiger partial charge on any atom is -0.479 e. The molecule has 1 aliphatic heterocycles. The van der Waals surface area contributed by atoms with Crippen molar-refractivity contribution in [2.45, 2.75) is 19.4 Å². The molecule has 1 N–H and O–H groups in total. The van der Waals surface area contributed by atoms with Gasteiger partial charge in [0.2, 0.25) is 0 Å². The summed E-state index contributed by atoms with van der Waals surface area (Å²) in [5, 5.41) is 8.89. The highest BCUT2D eigenvalue weighted by Crippen LogP contribution is 2.09. The van der Waals surface area contributed by atoms with E-state index in [9.17, 15) is 9.59 Å². The first-order valence-electron chi connectivity index (χ1n) is 6.09. The van der Waals surface area contributed by atoms with E-state index in [0.717, 1.165) is 6.42 Å². The fourth-order valence-corrected chi connectivity index (χ4v) is 1.86. The lowest BCUT2D eigenvalue weighted by atomic mass is 10.3. The minimum atomic E-state index is -1.03. The number of nitrogens with zero attached hydrogens (tertiary/aromatic N) is 2. The van der Waals surface area contributed by atoms with Crippen molar-refractivity contribution in [2.24, 2.45) is 0 Å². The second-order valence-electron chi connectivity index (χ2n) is 4.16. The Labute approximate surface area is 107 Å². The highest BCUT2D eigenvalue weighted by Gasteiger charge is 2.30. The first-order valence-corrected chi connectivity index (χ1v) is 6.09. The van der Waals surface area contributed by atoms with Gasteiger partial charge >= 0.3 is 12.0 Å². The molecule has 1 atom stereocenters. The van der Waals surface area contributed by atoms with Gasteiger partial charge in [-0.15, -0.1) is 6.58 Å². The van der Waals surface area contributed by atoms with Gasteiger partial charge < -0.3 is 19.6 Å². The van der Waals surface area contributed by atoms with Gasteiger partial charge in [0.15, 0.2) is 6.10 Å². The van der Waals surface area contributed by atoms with Crippen LogP contribution in [-0.4, -0.2) is 65.8 Å². The third-order valence-electron chi connectivity index (χ3n) is 2.73. The van der Waals surface area contributed by atoms with E-state index >= 15 is 0 Å². The highest BCUT2D eigenvalue weighted by atomic mass is 16.5. The zero-order chi connectivity index (χ0) is 13.5. The van der Waals surface area contributed by atoms with Crippen LogP contribution in [0, 0.1) is 0 Å². The maximum Gasteiger partial charge on any atom is 0.334 e. The predicted molar refractivity (Wildman–Crippen MR) is 66.4 cm³/mol. The number of hydrogen-bond acceptors (Lipinski definition) is 3. The Balaban J connectivity index is 2.63. The van der Waals surface area contributed by atoms with E-state index in [1.54, 1.807) is 11.0 Å². The lowest BCUT2D eigenvalue weighted by Crippen LogP contribution is -2.53. The number of amides is 2. The number of urea groups is 1. The number of aliphatic carboxylic acids is 1. The third kappa shape index (κ3) is 3.73. The Bertz CT molecular complexity index is 319. The molecule has 0 aromatic carbocycles. The summed E-state index contributed by atoms with van der Waals surface area (Å²) in [6.45, 7) is 7.52. The third-order valence-corrected chi connectivity index (χ3v) is 2.73. The van der Waals surface area contributed by atoms with Crippen molar-refractivity contribution in [2.75, 3.05) is 32.8 Å². The van der Waals surface area contributed by atoms with Crippen molar-refractivity contribution < 1.29 is 19.4 Å². The van der Waals surface area contributed by atoms with E-state index in [2.05, 4.69) is 6.58 Å². The predicted octanol–water partition coefficient (Wildman–Crippen LogP) is 0.790. The lowest BCUT2D eigenvalue weighted by Gasteiger charge is -2.34. The largest absolute Gasteiger partial charge is 0.479 e. The van der Waals surface area contributed by atoms with Gasteiger partial charge in [-0.3, -0.25) is 0 Å². The van der Waals surface area contributed by atoms with E-state index in [0.29, 0.717) is 19.6 Å². The molecule has 2 amide bonds. The van der Waals surface area contributed by atoms with Crippen LogP contribution in [0.3, 0.4) is 0 Å². The van der Waals surface area contributed by atoms with Gasteiger partial charge in [0.1, 0.15) is 0 Å². The van der Waals surface area contributed by atoms with Crippen molar-refractivity contribution in [3.8, 4) is 0 Å². The van der Waals surface area contributed by atoms with Gasteiger partial charge in [-0.25, -0.2) is 9.59 Å². The Morgan fingerprint density at radius 1 is 1.61 bits per heavy atom. The molecule has 1 aliphatic rings. The molecule has 6 nitrogen and oxygen atoms in total. The molecular formula is C12H20N2O4. The molecule has 1 unspecified atom stereocenters. The molecule has 6 heteroatoms. The molecule has 1 fully saturated rings. The molecular weight excluding hydrogens is 236 g/mol. The summed E-state index contributed by atoms with van der Waals surface area (Å²) in [6.07, 6.45) is 1.60. The minimum absolute atomic E-state index is 0.103. The second-order valence-corrected chi connectivity index (χ2v) is 4.16. The number of morpholine rings is 1. The van der Waals surface area contributed by atoms with E-state index in [4.69, 9.17) is 9.84 Å². The quantitative estimate of drug-likeness (QED) is 0.738. The van der Waals surface area contributed by atoms with Crippen molar-refractivity contribution in [1.29, 1.82) is 0 Å². The van der Waals surface area contributed by atoms with Crippen LogP contribution < -0.4 is 0 Å². The number of carboxylic acid groups (broad SMARTS) is 1. The highest BCUT2D eigenvalue weighted by molar-refractivity contribution is 5.77. The number of hydrogen-bond donors (Lipinski definition) is 1. The smallest absolute Gasteiger partial charge is 0.334 e. The summed E-state index contributed by atoms with van der Waals surface area (Å²) >= 11 is 0. The summed E-state index contributed by atoms with van der Waals surface area (Å²) in [6, 6.07) is -0.147. The summed E-state index contributed by atoms with van der Waals surface area (Å²) < 4.78 is 5.09. The van der Waals surface area contributed by atoms with E-state index < -0.39 is 12.1 Å². The van der Waals surface area contributed by atoms with Gasteiger partial charge in [-0.05, 0) is 6.42 Å². The van der Waals surface area contributed by atoms with Crippen molar-refractivity contribution >= 4 is 12.0 Å².